The van der Waals surface area contributed by atoms with E-state index in [1.807, 2.05) is 0 Å². The van der Waals surface area contributed by atoms with E-state index in [-0.39, 0.29) is 0 Å². The third kappa shape index (κ3) is 5.43. The summed E-state index contributed by atoms with van der Waals surface area (Å²) < 4.78 is 8.69. The number of rotatable bonds is 2. The van der Waals surface area contributed by atoms with Gasteiger partial charge in [0.05, 0.1) is 0 Å². The van der Waals surface area contributed by atoms with Crippen molar-refractivity contribution in [2.24, 2.45) is 0 Å². The van der Waals surface area contributed by atoms with E-state index in [9.17, 15) is 9.59 Å². The maximum absolute atomic E-state index is 10.2. The van der Waals surface area contributed by atoms with Crippen LogP contribution in [0.5, 0.6) is 0 Å². The average molecular weight is 345 g/mol. The van der Waals surface area contributed by atoms with Crippen LogP contribution >= 0.6 is 0 Å². The Hall–Kier alpha value is -1.02. The normalized spacial score (nSPS) is 7.09. The quantitative estimate of drug-likeness (QED) is 0.470. The van der Waals surface area contributed by atoms with Crippen LogP contribution in [0.4, 0.5) is 0 Å². The summed E-state index contributed by atoms with van der Waals surface area (Å²) in [4.78, 5) is 20.5. The van der Waals surface area contributed by atoms with Gasteiger partial charge in [-0.25, -0.2) is 0 Å². The first-order valence-corrected chi connectivity index (χ1v) is 5.48. The molecule has 0 saturated carbocycles. The van der Waals surface area contributed by atoms with Crippen molar-refractivity contribution in [3.63, 3.8) is 0 Å². The minimum atomic E-state index is -2.15. The molecule has 0 spiro atoms. The molecule has 0 atom stereocenters. The zero-order valence-corrected chi connectivity index (χ0v) is 9.18. The molecule has 4 nitrogen and oxygen atoms in total. The summed E-state index contributed by atoms with van der Waals surface area (Å²) in [5, 5.41) is 0. The van der Waals surface area contributed by atoms with Crippen LogP contribution in [-0.2, 0) is 15.0 Å². The summed E-state index contributed by atoms with van der Waals surface area (Å²) in [5.74, 6) is 1.76. The molecule has 0 bridgehead atoms. The van der Waals surface area contributed by atoms with Gasteiger partial charge in [-0.1, -0.05) is 0 Å². The van der Waals surface area contributed by atoms with Gasteiger partial charge in [-0.3, -0.25) is 0 Å². The second-order valence-corrected chi connectivity index (χ2v) is 3.39. The van der Waals surface area contributed by atoms with Crippen LogP contribution in [0.25, 0.3) is 0 Å². The predicted molar refractivity (Wildman–Crippen MR) is 35.6 cm³/mol. The van der Waals surface area contributed by atoms with Crippen molar-refractivity contribution in [3.8, 4) is 24.7 Å². The molecular formula is C6H2O4Pb. The molecule has 0 aromatic heterocycles. The van der Waals surface area contributed by atoms with E-state index < -0.39 is 37.1 Å². The Kier molecular flexibility index (Phi) is 5.21. The fourth-order valence-electron chi connectivity index (χ4n) is 0.155. The molecule has 0 N–H and O–H groups in total. The topological polar surface area (TPSA) is 52.6 Å². The van der Waals surface area contributed by atoms with Gasteiger partial charge in [0.15, 0.2) is 0 Å². The van der Waals surface area contributed by atoms with Gasteiger partial charge in [0.1, 0.15) is 0 Å². The monoisotopic (exact) mass is 346 g/mol. The Morgan fingerprint density at radius 1 is 1.09 bits per heavy atom. The van der Waals surface area contributed by atoms with E-state index in [0.29, 0.717) is 0 Å². The van der Waals surface area contributed by atoms with E-state index in [2.05, 4.69) is 18.2 Å². The molecule has 11 heavy (non-hydrogen) atoms. The van der Waals surface area contributed by atoms with Crippen LogP contribution in [0.1, 0.15) is 0 Å². The molecule has 5 heteroatoms. The van der Waals surface area contributed by atoms with Gasteiger partial charge >= 0.3 is 76.7 Å². The van der Waals surface area contributed by atoms with Crippen LogP contribution in [-0.4, -0.2) is 37.1 Å². The number of carbonyl (C=O) groups is 2. The zero-order chi connectivity index (χ0) is 8.69. The van der Waals surface area contributed by atoms with Gasteiger partial charge in [0.25, 0.3) is 0 Å². The Balaban J connectivity index is 3.46. The molecule has 0 amide bonds. The summed E-state index contributed by atoms with van der Waals surface area (Å²) in [6, 6.07) is 0. The molecule has 0 aromatic carbocycles. The molecule has 54 valence electrons. The van der Waals surface area contributed by atoms with E-state index >= 15 is 0 Å². The third-order valence-corrected chi connectivity index (χ3v) is 2.59. The Labute approximate surface area is 76.8 Å². The van der Waals surface area contributed by atoms with E-state index in [1.165, 1.54) is 0 Å². The third-order valence-electron chi connectivity index (χ3n) is 0.504. The summed E-state index contributed by atoms with van der Waals surface area (Å²) in [6.07, 6.45) is 9.29. The van der Waals surface area contributed by atoms with Crippen LogP contribution in [0, 0.1) is 24.7 Å². The molecule has 0 unspecified atom stereocenters. The summed E-state index contributed by atoms with van der Waals surface area (Å²) in [5.41, 5.74) is 0. The van der Waals surface area contributed by atoms with Gasteiger partial charge in [0, 0.05) is 0 Å². The zero-order valence-electron chi connectivity index (χ0n) is 5.29. The Bertz CT molecular complexity index is 218. The molecular weight excluding hydrogens is 343 g/mol. The van der Waals surface area contributed by atoms with Gasteiger partial charge in [-0.15, -0.1) is 0 Å². The molecule has 0 rings (SSSR count). The number of terminal acetylenes is 2. The first-order chi connectivity index (χ1) is 5.20. The first-order valence-electron chi connectivity index (χ1n) is 2.30. The summed E-state index contributed by atoms with van der Waals surface area (Å²) in [6.45, 7) is 0. The minimum absolute atomic E-state index is 0.821. The number of carbonyl (C=O) groups excluding carboxylic acids is 2. The van der Waals surface area contributed by atoms with Crippen LogP contribution in [0.3, 0.4) is 0 Å². The molecule has 0 aliphatic carbocycles. The van der Waals surface area contributed by atoms with Gasteiger partial charge < -0.3 is 0 Å². The van der Waals surface area contributed by atoms with Gasteiger partial charge in [-0.2, -0.15) is 0 Å². The van der Waals surface area contributed by atoms with Crippen molar-refractivity contribution in [1.29, 1.82) is 0 Å². The Morgan fingerprint density at radius 2 is 1.45 bits per heavy atom. The molecule has 0 heterocycles. The second-order valence-electron chi connectivity index (χ2n) is 1.15. The molecule has 0 aliphatic heterocycles. The van der Waals surface area contributed by atoms with Crippen LogP contribution in [0.15, 0.2) is 0 Å². The summed E-state index contributed by atoms with van der Waals surface area (Å²) in [7, 11) is 0. The molecule has 2 radical (unpaired) electrons. The molecule has 0 aromatic rings. The molecule has 0 fully saturated rings. The van der Waals surface area contributed by atoms with Crippen molar-refractivity contribution >= 4 is 37.1 Å². The predicted octanol–water partition coefficient (Wildman–Crippen LogP) is -1.13. The van der Waals surface area contributed by atoms with Crippen molar-refractivity contribution < 1.29 is 15.0 Å². The fraction of sp³-hybridized carbons (Fsp3) is 0. The van der Waals surface area contributed by atoms with Gasteiger partial charge in [0.2, 0.25) is 0 Å². The van der Waals surface area contributed by atoms with Crippen molar-refractivity contribution in [2.75, 3.05) is 0 Å². The van der Waals surface area contributed by atoms with Crippen LogP contribution in [0.2, 0.25) is 0 Å². The standard InChI is InChI=1S/2C3H2O2.Pb/c2*1-2-3(4)5;/h2*1H,(H,4,5);/q;;+2/p-2. The number of hydrogen-bond acceptors (Lipinski definition) is 4. The van der Waals surface area contributed by atoms with Crippen LogP contribution < -0.4 is 0 Å². The fourth-order valence-corrected chi connectivity index (χ4v) is 1.36. The van der Waals surface area contributed by atoms with Crippen molar-refractivity contribution in [1.82, 2.24) is 0 Å². The van der Waals surface area contributed by atoms with E-state index in [0.717, 1.165) is 0 Å². The average Bonchev–Trinajstić information content (AvgIpc) is 2.04. The SMILES string of the molecule is C#CC(=O)[O][Pb][O]C(=O)C#C. The second kappa shape index (κ2) is 5.74. The number of hydrogen-bond donors (Lipinski definition) is 0. The van der Waals surface area contributed by atoms with Gasteiger partial charge in [-0.05, 0) is 0 Å². The molecule has 0 aliphatic rings. The maximum atomic E-state index is 10.2. The molecule has 0 saturated heterocycles. The van der Waals surface area contributed by atoms with E-state index in [1.54, 1.807) is 11.8 Å². The van der Waals surface area contributed by atoms with Crippen molar-refractivity contribution in [2.45, 2.75) is 0 Å². The van der Waals surface area contributed by atoms with Crippen molar-refractivity contribution in [3.05, 3.63) is 0 Å². The Morgan fingerprint density at radius 3 is 1.73 bits per heavy atom. The first kappa shape index (κ1) is 9.98. The summed E-state index contributed by atoms with van der Waals surface area (Å²) >= 11 is -2.15. The van der Waals surface area contributed by atoms with E-state index in [4.69, 9.17) is 0 Å².